The fourth-order valence-electron chi connectivity index (χ4n) is 5.91. The summed E-state index contributed by atoms with van der Waals surface area (Å²) in [6.07, 6.45) is 25.4. The van der Waals surface area contributed by atoms with Crippen LogP contribution < -0.4 is 10.4 Å². The van der Waals surface area contributed by atoms with Gasteiger partial charge >= 0.3 is 0 Å². The highest BCUT2D eigenvalue weighted by molar-refractivity contribution is 6.99. The molecule has 2 aromatic rings. The normalized spacial score (nSPS) is 17.2. The van der Waals surface area contributed by atoms with Gasteiger partial charge in [-0.05, 0) is 47.5 Å². The molecule has 1 unspecified atom stereocenters. The van der Waals surface area contributed by atoms with Gasteiger partial charge in [-0.15, -0.1) is 0 Å². The highest BCUT2D eigenvalue weighted by atomic mass is 28.4. The molecule has 1 aliphatic rings. The van der Waals surface area contributed by atoms with Crippen LogP contribution in [0.3, 0.4) is 0 Å². The second kappa shape index (κ2) is 15.3. The van der Waals surface area contributed by atoms with E-state index in [-0.39, 0.29) is 16.6 Å². The van der Waals surface area contributed by atoms with Crippen LogP contribution in [-0.2, 0) is 9.22 Å². The van der Waals surface area contributed by atoms with Gasteiger partial charge in [0, 0.05) is 5.41 Å². The lowest BCUT2D eigenvalue weighted by Crippen LogP contribution is -2.67. The van der Waals surface area contributed by atoms with Crippen LogP contribution >= 0.6 is 0 Å². The van der Waals surface area contributed by atoms with Crippen LogP contribution in [0.25, 0.3) is 0 Å². The second-order valence-corrected chi connectivity index (χ2v) is 16.4. The maximum absolute atomic E-state index is 12.0. The molecule has 2 aromatic carbocycles. The standard InChI is InChI=1S/C36H50O2Si/c1-5-6-7-8-9-13-22-32(23-18-21-30-36(31-37)28-19-12-20-29-36)38-39(35(2,3)4,33-24-14-10-15-25-33)34-26-16-11-17-27-34/h9-11,13-18,21,23-27,30-32H,5-8,12,19-20,22,28-29H2,1-4H3. The predicted molar refractivity (Wildman–Crippen MR) is 170 cm³/mol. The van der Waals surface area contributed by atoms with Crippen LogP contribution in [0.15, 0.2) is 97.1 Å². The summed E-state index contributed by atoms with van der Waals surface area (Å²) in [5.41, 5.74) is -0.296. The average Bonchev–Trinajstić information content (AvgIpc) is 2.96. The Labute approximate surface area is 239 Å². The van der Waals surface area contributed by atoms with E-state index in [1.165, 1.54) is 42.3 Å². The number of hydrogen-bond acceptors (Lipinski definition) is 2. The first-order valence-corrected chi connectivity index (χ1v) is 17.0. The third-order valence-electron chi connectivity index (χ3n) is 8.14. The van der Waals surface area contributed by atoms with Gasteiger partial charge in [0.25, 0.3) is 8.32 Å². The first-order chi connectivity index (χ1) is 18.9. The topological polar surface area (TPSA) is 26.3 Å². The molecule has 0 aromatic heterocycles. The van der Waals surface area contributed by atoms with Crippen molar-refractivity contribution < 1.29 is 9.22 Å². The van der Waals surface area contributed by atoms with E-state index in [0.29, 0.717) is 0 Å². The molecule has 3 rings (SSSR count). The number of aldehydes is 1. The molecule has 1 saturated carbocycles. The molecule has 0 spiro atoms. The van der Waals surface area contributed by atoms with Crippen molar-refractivity contribution in [3.05, 3.63) is 97.1 Å². The number of unbranched alkanes of at least 4 members (excludes halogenated alkanes) is 3. The predicted octanol–water partition coefficient (Wildman–Crippen LogP) is 8.72. The molecule has 3 heteroatoms. The van der Waals surface area contributed by atoms with E-state index in [0.717, 1.165) is 38.5 Å². The molecule has 0 radical (unpaired) electrons. The summed E-state index contributed by atoms with van der Waals surface area (Å²) in [7, 11) is -2.67. The number of allylic oxidation sites excluding steroid dienone is 4. The Hall–Kier alpha value is -2.49. The van der Waals surface area contributed by atoms with Gasteiger partial charge in [0.2, 0.25) is 0 Å². The second-order valence-electron chi connectivity index (χ2n) is 12.2. The first kappa shape index (κ1) is 31.0. The van der Waals surface area contributed by atoms with Gasteiger partial charge in [-0.3, -0.25) is 0 Å². The molecular formula is C36H50O2Si. The van der Waals surface area contributed by atoms with Crippen LogP contribution in [0.4, 0.5) is 0 Å². The first-order valence-electron chi connectivity index (χ1n) is 15.1. The molecular weight excluding hydrogens is 492 g/mol. The van der Waals surface area contributed by atoms with Gasteiger partial charge in [0.1, 0.15) is 6.29 Å². The van der Waals surface area contributed by atoms with Gasteiger partial charge in [-0.1, -0.05) is 157 Å². The monoisotopic (exact) mass is 542 g/mol. The Morgan fingerprint density at radius 3 is 2.03 bits per heavy atom. The fourth-order valence-corrected chi connectivity index (χ4v) is 10.6. The lowest BCUT2D eigenvalue weighted by atomic mass is 9.75. The third-order valence-corrected chi connectivity index (χ3v) is 13.2. The quantitative estimate of drug-likeness (QED) is 0.0784. The van der Waals surface area contributed by atoms with Crippen molar-refractivity contribution in [1.82, 2.24) is 0 Å². The summed E-state index contributed by atoms with van der Waals surface area (Å²) in [5, 5.41) is 2.52. The van der Waals surface area contributed by atoms with Gasteiger partial charge in [-0.2, -0.15) is 0 Å². The number of hydrogen-bond donors (Lipinski definition) is 0. The molecule has 0 N–H and O–H groups in total. The average molecular weight is 543 g/mol. The van der Waals surface area contributed by atoms with Crippen molar-refractivity contribution in [2.75, 3.05) is 0 Å². The van der Waals surface area contributed by atoms with Gasteiger partial charge in [-0.25, -0.2) is 0 Å². The smallest absolute Gasteiger partial charge is 0.261 e. The Morgan fingerprint density at radius 2 is 1.49 bits per heavy atom. The third kappa shape index (κ3) is 8.49. The number of benzene rings is 2. The molecule has 1 atom stereocenters. The molecule has 0 bridgehead atoms. The Balaban J connectivity index is 1.96. The van der Waals surface area contributed by atoms with Gasteiger partial charge in [0.05, 0.1) is 6.10 Å². The molecule has 0 saturated heterocycles. The van der Waals surface area contributed by atoms with E-state index >= 15 is 0 Å². The van der Waals surface area contributed by atoms with E-state index in [1.54, 1.807) is 0 Å². The van der Waals surface area contributed by atoms with E-state index in [9.17, 15) is 4.79 Å². The minimum Gasteiger partial charge on any atom is -0.401 e. The summed E-state index contributed by atoms with van der Waals surface area (Å²) in [5.74, 6) is 0. The van der Waals surface area contributed by atoms with Crippen LogP contribution in [-0.4, -0.2) is 20.7 Å². The van der Waals surface area contributed by atoms with Crippen LogP contribution in [0.5, 0.6) is 0 Å². The maximum Gasteiger partial charge on any atom is 0.261 e. The van der Waals surface area contributed by atoms with Crippen LogP contribution in [0, 0.1) is 5.41 Å². The molecule has 1 fully saturated rings. The minimum atomic E-state index is -2.67. The molecule has 39 heavy (non-hydrogen) atoms. The molecule has 2 nitrogen and oxygen atoms in total. The Morgan fingerprint density at radius 1 is 0.872 bits per heavy atom. The summed E-state index contributed by atoms with van der Waals surface area (Å²) in [6.45, 7) is 9.24. The van der Waals surface area contributed by atoms with Crippen molar-refractivity contribution >= 4 is 25.0 Å². The van der Waals surface area contributed by atoms with Crippen molar-refractivity contribution in [2.24, 2.45) is 5.41 Å². The Bertz CT molecular complexity index is 1020. The van der Waals surface area contributed by atoms with E-state index in [2.05, 4.69) is 125 Å². The molecule has 0 aliphatic heterocycles. The highest BCUT2D eigenvalue weighted by Gasteiger charge is 2.51. The van der Waals surface area contributed by atoms with Crippen molar-refractivity contribution in [2.45, 2.75) is 103 Å². The maximum atomic E-state index is 12.0. The lowest BCUT2D eigenvalue weighted by molar-refractivity contribution is -0.115. The molecule has 0 amide bonds. The lowest BCUT2D eigenvalue weighted by Gasteiger charge is -2.44. The molecule has 1 aliphatic carbocycles. The van der Waals surface area contributed by atoms with Crippen LogP contribution in [0.2, 0.25) is 5.04 Å². The Kier molecular flexibility index (Phi) is 12.2. The number of carbonyl (C=O) groups excluding carboxylic acids is 1. The van der Waals surface area contributed by atoms with Gasteiger partial charge < -0.3 is 9.22 Å². The van der Waals surface area contributed by atoms with Gasteiger partial charge in [0.15, 0.2) is 0 Å². The van der Waals surface area contributed by atoms with Crippen molar-refractivity contribution in [3.63, 3.8) is 0 Å². The number of rotatable bonds is 14. The number of carbonyl (C=O) groups is 1. The van der Waals surface area contributed by atoms with E-state index < -0.39 is 8.32 Å². The zero-order valence-corrected chi connectivity index (χ0v) is 25.8. The van der Waals surface area contributed by atoms with Crippen molar-refractivity contribution in [3.8, 4) is 0 Å². The zero-order valence-electron chi connectivity index (χ0n) is 24.8. The van der Waals surface area contributed by atoms with Crippen molar-refractivity contribution in [1.29, 1.82) is 0 Å². The summed E-state index contributed by atoms with van der Waals surface area (Å²) in [4.78, 5) is 12.0. The fraction of sp³-hybridized carbons (Fsp3) is 0.472. The highest BCUT2D eigenvalue weighted by Crippen LogP contribution is 2.38. The summed E-state index contributed by atoms with van der Waals surface area (Å²) < 4.78 is 7.44. The van der Waals surface area contributed by atoms with E-state index in [1.807, 2.05) is 0 Å². The van der Waals surface area contributed by atoms with E-state index in [4.69, 9.17) is 4.43 Å². The SMILES string of the molecule is CCCCCC=CCC(C=CC=CC1(C=O)CCCCC1)O[Si](c1ccccc1)(c1ccccc1)C(C)(C)C. The summed E-state index contributed by atoms with van der Waals surface area (Å²) >= 11 is 0. The largest absolute Gasteiger partial charge is 0.401 e. The minimum absolute atomic E-state index is 0.0677. The molecule has 0 heterocycles. The summed E-state index contributed by atoms with van der Waals surface area (Å²) in [6, 6.07) is 21.7. The zero-order chi connectivity index (χ0) is 28.0. The van der Waals surface area contributed by atoms with Crippen LogP contribution in [0.1, 0.15) is 91.9 Å². The molecule has 210 valence electrons.